The van der Waals surface area contributed by atoms with Crippen LogP contribution in [0.25, 0.3) is 0 Å². The van der Waals surface area contributed by atoms with E-state index in [1.807, 2.05) is 44.2 Å². The molecule has 3 aromatic carbocycles. The molecular weight excluding hydrogens is 308 g/mol. The average Bonchev–Trinajstić information content (AvgIpc) is 2.65. The van der Waals surface area contributed by atoms with Crippen LogP contribution in [-0.2, 0) is 12.8 Å². The first-order valence-electron chi connectivity index (χ1n) is 8.82. The van der Waals surface area contributed by atoms with Gasteiger partial charge >= 0.3 is 0 Å². The van der Waals surface area contributed by atoms with Crippen molar-refractivity contribution in [3.63, 3.8) is 0 Å². The van der Waals surface area contributed by atoms with Gasteiger partial charge in [-0.3, -0.25) is 0 Å². The van der Waals surface area contributed by atoms with Gasteiger partial charge in [0.2, 0.25) is 0 Å². The van der Waals surface area contributed by atoms with Gasteiger partial charge in [0, 0.05) is 5.92 Å². The molecule has 0 radical (unpaired) electrons. The molecule has 0 aliphatic rings. The Bertz CT molecular complexity index is 800. The molecule has 0 aliphatic carbocycles. The molecular formula is C23H24O2. The Morgan fingerprint density at radius 1 is 0.640 bits per heavy atom. The second-order valence-corrected chi connectivity index (χ2v) is 6.33. The van der Waals surface area contributed by atoms with Crippen LogP contribution >= 0.6 is 0 Å². The molecule has 25 heavy (non-hydrogen) atoms. The maximum Gasteiger partial charge on any atom is 0.118 e. The molecule has 0 aliphatic heterocycles. The molecule has 0 unspecified atom stereocenters. The summed E-state index contributed by atoms with van der Waals surface area (Å²) in [5, 5.41) is 20.1. The summed E-state index contributed by atoms with van der Waals surface area (Å²) in [5.41, 5.74) is 5.39. The predicted octanol–water partition coefficient (Wildman–Crippen LogP) is 5.40. The fourth-order valence-electron chi connectivity index (χ4n) is 3.36. The molecule has 0 heterocycles. The lowest BCUT2D eigenvalue weighted by molar-refractivity contribution is 0.468. The van der Waals surface area contributed by atoms with E-state index in [1.165, 1.54) is 5.56 Å². The molecule has 0 saturated heterocycles. The summed E-state index contributed by atoms with van der Waals surface area (Å²) in [6.07, 6.45) is 1.58. The summed E-state index contributed by atoms with van der Waals surface area (Å²) in [7, 11) is 0. The minimum absolute atomic E-state index is 0.0676. The summed E-state index contributed by atoms with van der Waals surface area (Å²) < 4.78 is 0. The minimum atomic E-state index is 0.0676. The normalized spacial score (nSPS) is 11.0. The summed E-state index contributed by atoms with van der Waals surface area (Å²) in [6, 6.07) is 22.1. The number of hydrogen-bond acceptors (Lipinski definition) is 2. The minimum Gasteiger partial charge on any atom is -0.508 e. The van der Waals surface area contributed by atoms with E-state index in [4.69, 9.17) is 0 Å². The van der Waals surface area contributed by atoms with E-state index in [-0.39, 0.29) is 5.92 Å². The zero-order valence-corrected chi connectivity index (χ0v) is 14.7. The molecule has 0 amide bonds. The lowest BCUT2D eigenvalue weighted by atomic mass is 9.83. The summed E-state index contributed by atoms with van der Waals surface area (Å²) in [4.78, 5) is 0. The van der Waals surface area contributed by atoms with Crippen LogP contribution in [0.2, 0.25) is 0 Å². The number of benzene rings is 3. The molecule has 3 rings (SSSR count). The number of hydrogen-bond donors (Lipinski definition) is 2. The molecule has 0 saturated carbocycles. The summed E-state index contributed by atoms with van der Waals surface area (Å²) in [5.74, 6) is 0.758. The van der Waals surface area contributed by atoms with E-state index in [0.717, 1.165) is 35.1 Å². The quantitative estimate of drug-likeness (QED) is 0.614. The highest BCUT2D eigenvalue weighted by atomic mass is 16.3. The van der Waals surface area contributed by atoms with Gasteiger partial charge in [0.05, 0.1) is 0 Å². The molecule has 0 fully saturated rings. The van der Waals surface area contributed by atoms with E-state index in [0.29, 0.717) is 11.5 Å². The maximum atomic E-state index is 10.0. The molecule has 0 bridgehead atoms. The van der Waals surface area contributed by atoms with Crippen molar-refractivity contribution in [3.05, 3.63) is 94.5 Å². The number of aryl methyl sites for hydroxylation is 2. The Balaban J connectivity index is 2.17. The van der Waals surface area contributed by atoms with Crippen molar-refractivity contribution in [1.82, 2.24) is 0 Å². The third-order valence-corrected chi connectivity index (χ3v) is 4.77. The van der Waals surface area contributed by atoms with Gasteiger partial charge in [0.25, 0.3) is 0 Å². The van der Waals surface area contributed by atoms with Crippen LogP contribution < -0.4 is 0 Å². The molecule has 2 N–H and O–H groups in total. The van der Waals surface area contributed by atoms with Gasteiger partial charge in [-0.15, -0.1) is 0 Å². The standard InChI is InChI=1S/C23H24O2/c1-3-16-14-19(10-12-21(16)24)23(18-8-6-5-7-9-18)20-11-13-22(25)17(4-2)15-20/h5-15,23-25H,3-4H2,1-2H3. The molecule has 2 heteroatoms. The van der Waals surface area contributed by atoms with Gasteiger partial charge in [0.1, 0.15) is 11.5 Å². The second-order valence-electron chi connectivity index (χ2n) is 6.33. The first kappa shape index (κ1) is 17.1. The predicted molar refractivity (Wildman–Crippen MR) is 102 cm³/mol. The molecule has 2 nitrogen and oxygen atoms in total. The molecule has 0 spiro atoms. The van der Waals surface area contributed by atoms with Crippen LogP contribution in [0.15, 0.2) is 66.7 Å². The molecule has 3 aromatic rings. The van der Waals surface area contributed by atoms with Crippen molar-refractivity contribution in [1.29, 1.82) is 0 Å². The van der Waals surface area contributed by atoms with Gasteiger partial charge in [-0.2, -0.15) is 0 Å². The van der Waals surface area contributed by atoms with Crippen molar-refractivity contribution >= 4 is 0 Å². The van der Waals surface area contributed by atoms with E-state index in [1.54, 1.807) is 12.1 Å². The first-order valence-corrected chi connectivity index (χ1v) is 8.82. The highest BCUT2D eigenvalue weighted by molar-refractivity contribution is 5.49. The largest absolute Gasteiger partial charge is 0.508 e. The third kappa shape index (κ3) is 3.53. The molecule has 0 aromatic heterocycles. The van der Waals surface area contributed by atoms with Gasteiger partial charge in [-0.25, -0.2) is 0 Å². The molecule has 0 atom stereocenters. The Hall–Kier alpha value is -2.74. The second kappa shape index (κ2) is 7.43. The van der Waals surface area contributed by atoms with Gasteiger partial charge < -0.3 is 10.2 Å². The van der Waals surface area contributed by atoms with Crippen LogP contribution in [0.5, 0.6) is 11.5 Å². The highest BCUT2D eigenvalue weighted by Gasteiger charge is 2.19. The molecule has 128 valence electrons. The van der Waals surface area contributed by atoms with Gasteiger partial charge in [-0.1, -0.05) is 68.4 Å². The number of aromatic hydroxyl groups is 2. The van der Waals surface area contributed by atoms with Crippen LogP contribution in [-0.4, -0.2) is 10.2 Å². The summed E-state index contributed by atoms with van der Waals surface area (Å²) in [6.45, 7) is 4.10. The SMILES string of the molecule is CCc1cc(C(c2ccccc2)c2ccc(O)c(CC)c2)ccc1O. The van der Waals surface area contributed by atoms with E-state index < -0.39 is 0 Å². The fourth-order valence-corrected chi connectivity index (χ4v) is 3.36. The lowest BCUT2D eigenvalue weighted by Gasteiger charge is -2.21. The Labute approximate surface area is 149 Å². The number of phenols is 2. The van der Waals surface area contributed by atoms with E-state index in [9.17, 15) is 10.2 Å². The number of rotatable bonds is 5. The van der Waals surface area contributed by atoms with Crippen LogP contribution in [0.1, 0.15) is 47.6 Å². The van der Waals surface area contributed by atoms with Crippen molar-refractivity contribution in [2.45, 2.75) is 32.6 Å². The lowest BCUT2D eigenvalue weighted by Crippen LogP contribution is -2.05. The van der Waals surface area contributed by atoms with Crippen LogP contribution in [0.4, 0.5) is 0 Å². The smallest absolute Gasteiger partial charge is 0.118 e. The van der Waals surface area contributed by atoms with Gasteiger partial charge in [0.15, 0.2) is 0 Å². The fraction of sp³-hybridized carbons (Fsp3) is 0.217. The van der Waals surface area contributed by atoms with E-state index in [2.05, 4.69) is 24.3 Å². The van der Waals surface area contributed by atoms with E-state index >= 15 is 0 Å². The zero-order chi connectivity index (χ0) is 17.8. The number of phenolic OH excluding ortho intramolecular Hbond substituents is 2. The van der Waals surface area contributed by atoms with Crippen LogP contribution in [0.3, 0.4) is 0 Å². The van der Waals surface area contributed by atoms with Crippen LogP contribution in [0, 0.1) is 0 Å². The monoisotopic (exact) mass is 332 g/mol. The Morgan fingerprint density at radius 3 is 1.56 bits per heavy atom. The highest BCUT2D eigenvalue weighted by Crippen LogP contribution is 2.36. The van der Waals surface area contributed by atoms with Crippen molar-refractivity contribution in [2.75, 3.05) is 0 Å². The van der Waals surface area contributed by atoms with Crippen molar-refractivity contribution < 1.29 is 10.2 Å². The third-order valence-electron chi connectivity index (χ3n) is 4.77. The Morgan fingerprint density at radius 2 is 1.12 bits per heavy atom. The van der Waals surface area contributed by atoms with Crippen molar-refractivity contribution in [2.24, 2.45) is 0 Å². The zero-order valence-electron chi connectivity index (χ0n) is 14.7. The Kier molecular flexibility index (Phi) is 5.08. The maximum absolute atomic E-state index is 10.0. The topological polar surface area (TPSA) is 40.5 Å². The van der Waals surface area contributed by atoms with Gasteiger partial charge in [-0.05, 0) is 52.8 Å². The average molecular weight is 332 g/mol. The van der Waals surface area contributed by atoms with Crippen molar-refractivity contribution in [3.8, 4) is 11.5 Å². The first-order chi connectivity index (χ1) is 12.1. The summed E-state index contributed by atoms with van der Waals surface area (Å²) >= 11 is 0.